The number of benzene rings is 2. The molecule has 1 amide bonds. The zero-order valence-corrected chi connectivity index (χ0v) is 18.8. The number of hydrogen-bond acceptors (Lipinski definition) is 5. The number of sulfonamides is 1. The van der Waals surface area contributed by atoms with Crippen molar-refractivity contribution in [3.05, 3.63) is 53.1 Å². The fourth-order valence-electron chi connectivity index (χ4n) is 3.70. The van der Waals surface area contributed by atoms with Crippen molar-refractivity contribution >= 4 is 37.5 Å². The van der Waals surface area contributed by atoms with Gasteiger partial charge in [-0.15, -0.1) is 6.42 Å². The van der Waals surface area contributed by atoms with E-state index in [0.717, 1.165) is 26.7 Å². The predicted octanol–water partition coefficient (Wildman–Crippen LogP) is 2.76. The van der Waals surface area contributed by atoms with Crippen molar-refractivity contribution < 1.29 is 22.3 Å². The largest absolute Gasteiger partial charge is 0.497 e. The SMILES string of the molecule is C#CCn1c(=NC(=O)C2CCCN2S(=O)(=O)c2ccc(F)cc2)sc2cc(OC)ccc21. The number of terminal acetylenes is 1. The lowest BCUT2D eigenvalue weighted by Crippen LogP contribution is -2.40. The number of fused-ring (bicyclic) bond motifs is 1. The maximum Gasteiger partial charge on any atom is 0.266 e. The van der Waals surface area contributed by atoms with Crippen LogP contribution in [-0.4, -0.2) is 42.9 Å². The van der Waals surface area contributed by atoms with Gasteiger partial charge in [0.1, 0.15) is 17.6 Å². The summed E-state index contributed by atoms with van der Waals surface area (Å²) in [7, 11) is -2.40. The van der Waals surface area contributed by atoms with Crippen molar-refractivity contribution in [2.45, 2.75) is 30.3 Å². The van der Waals surface area contributed by atoms with Gasteiger partial charge in [0.15, 0.2) is 4.80 Å². The monoisotopic (exact) mass is 473 g/mol. The molecule has 1 aliphatic rings. The van der Waals surface area contributed by atoms with Crippen LogP contribution in [0.15, 0.2) is 52.4 Å². The molecule has 166 valence electrons. The van der Waals surface area contributed by atoms with E-state index in [1.165, 1.54) is 23.5 Å². The van der Waals surface area contributed by atoms with Gasteiger partial charge in [0.25, 0.3) is 5.91 Å². The summed E-state index contributed by atoms with van der Waals surface area (Å²) in [5.74, 6) is 2.13. The summed E-state index contributed by atoms with van der Waals surface area (Å²) in [5, 5.41) is 0. The number of nitrogens with zero attached hydrogens (tertiary/aromatic N) is 3. The van der Waals surface area contributed by atoms with Crippen LogP contribution in [0, 0.1) is 18.2 Å². The van der Waals surface area contributed by atoms with Crippen molar-refractivity contribution in [2.24, 2.45) is 4.99 Å². The van der Waals surface area contributed by atoms with Gasteiger partial charge in [-0.2, -0.15) is 9.30 Å². The second kappa shape index (κ2) is 8.86. The molecule has 4 rings (SSSR count). The molecule has 3 aromatic rings. The smallest absolute Gasteiger partial charge is 0.266 e. The second-order valence-electron chi connectivity index (χ2n) is 7.19. The van der Waals surface area contributed by atoms with Crippen LogP contribution in [-0.2, 0) is 21.4 Å². The first kappa shape index (κ1) is 22.2. The molecule has 7 nitrogen and oxygen atoms in total. The van der Waals surface area contributed by atoms with E-state index >= 15 is 0 Å². The van der Waals surface area contributed by atoms with Gasteiger partial charge < -0.3 is 9.30 Å². The average molecular weight is 474 g/mol. The van der Waals surface area contributed by atoms with Crippen LogP contribution in [0.2, 0.25) is 0 Å². The zero-order valence-electron chi connectivity index (χ0n) is 17.2. The van der Waals surface area contributed by atoms with Crippen LogP contribution in [0.1, 0.15) is 12.8 Å². The highest BCUT2D eigenvalue weighted by Crippen LogP contribution is 2.27. The number of methoxy groups -OCH3 is 1. The number of aromatic nitrogens is 1. The summed E-state index contributed by atoms with van der Waals surface area (Å²) in [6.45, 7) is 0.403. The maximum absolute atomic E-state index is 13.2. The van der Waals surface area contributed by atoms with E-state index in [9.17, 15) is 17.6 Å². The van der Waals surface area contributed by atoms with Crippen molar-refractivity contribution in [1.82, 2.24) is 8.87 Å². The molecule has 2 aromatic carbocycles. The molecule has 2 heterocycles. The van der Waals surface area contributed by atoms with Gasteiger partial charge in [-0.05, 0) is 55.3 Å². The number of carbonyl (C=O) groups is 1. The molecular formula is C22H20FN3O4S2. The molecule has 32 heavy (non-hydrogen) atoms. The number of hydrogen-bond donors (Lipinski definition) is 0. The first-order chi connectivity index (χ1) is 15.3. The van der Waals surface area contributed by atoms with Crippen molar-refractivity contribution in [3.8, 4) is 18.1 Å². The quantitative estimate of drug-likeness (QED) is 0.534. The maximum atomic E-state index is 13.2. The van der Waals surface area contributed by atoms with Gasteiger partial charge in [-0.3, -0.25) is 4.79 Å². The van der Waals surface area contributed by atoms with Crippen LogP contribution in [0.3, 0.4) is 0 Å². The molecule has 0 aliphatic carbocycles. The van der Waals surface area contributed by atoms with Gasteiger partial charge >= 0.3 is 0 Å². The molecule has 1 unspecified atom stereocenters. The molecule has 1 saturated heterocycles. The molecule has 1 fully saturated rings. The Morgan fingerprint density at radius 3 is 2.75 bits per heavy atom. The molecule has 0 bridgehead atoms. The molecular weight excluding hydrogens is 453 g/mol. The Kier molecular flexibility index (Phi) is 6.15. The lowest BCUT2D eigenvalue weighted by Gasteiger charge is -2.21. The van der Waals surface area contributed by atoms with Crippen LogP contribution in [0.25, 0.3) is 10.2 Å². The Bertz CT molecular complexity index is 1390. The first-order valence-corrected chi connectivity index (χ1v) is 12.1. The fourth-order valence-corrected chi connectivity index (χ4v) is 6.41. The molecule has 1 aromatic heterocycles. The van der Waals surface area contributed by atoms with Crippen LogP contribution in [0.4, 0.5) is 4.39 Å². The summed E-state index contributed by atoms with van der Waals surface area (Å²) in [6, 6.07) is 9.09. The van der Waals surface area contributed by atoms with Crippen LogP contribution in [0.5, 0.6) is 5.75 Å². The summed E-state index contributed by atoms with van der Waals surface area (Å²) in [5.41, 5.74) is 0.808. The Labute approximate surface area is 188 Å². The number of amides is 1. The minimum Gasteiger partial charge on any atom is -0.497 e. The minimum atomic E-state index is -3.96. The number of rotatable bonds is 5. The van der Waals surface area contributed by atoms with E-state index in [1.807, 2.05) is 12.1 Å². The third-order valence-corrected chi connectivity index (χ3v) is 8.22. The standard InChI is InChI=1S/C22H20FN3O4S2/c1-3-12-25-18-11-8-16(30-2)14-20(18)31-22(25)24-21(27)19-5-4-13-26(19)32(28,29)17-9-6-15(23)7-10-17/h1,6-11,14,19H,4-5,12-13H2,2H3. The summed E-state index contributed by atoms with van der Waals surface area (Å²) < 4.78 is 48.3. The highest BCUT2D eigenvalue weighted by atomic mass is 32.2. The Hall–Kier alpha value is -3.00. The van der Waals surface area contributed by atoms with E-state index in [4.69, 9.17) is 11.2 Å². The minimum absolute atomic E-state index is 0.0602. The van der Waals surface area contributed by atoms with Gasteiger partial charge in [0.2, 0.25) is 10.0 Å². The summed E-state index contributed by atoms with van der Waals surface area (Å²) >= 11 is 1.28. The van der Waals surface area contributed by atoms with Crippen molar-refractivity contribution in [3.63, 3.8) is 0 Å². The molecule has 0 radical (unpaired) electrons. The molecule has 1 atom stereocenters. The Morgan fingerprint density at radius 1 is 1.31 bits per heavy atom. The lowest BCUT2D eigenvalue weighted by molar-refractivity contribution is -0.121. The highest BCUT2D eigenvalue weighted by Gasteiger charge is 2.39. The Morgan fingerprint density at radius 2 is 2.06 bits per heavy atom. The molecule has 1 aliphatic heterocycles. The van der Waals surface area contributed by atoms with Crippen molar-refractivity contribution in [1.29, 1.82) is 0 Å². The van der Waals surface area contributed by atoms with E-state index < -0.39 is 27.8 Å². The summed E-state index contributed by atoms with van der Waals surface area (Å²) in [4.78, 5) is 17.7. The van der Waals surface area contributed by atoms with Crippen LogP contribution >= 0.6 is 11.3 Å². The van der Waals surface area contributed by atoms with E-state index in [1.54, 1.807) is 17.7 Å². The van der Waals surface area contributed by atoms with E-state index in [2.05, 4.69) is 10.9 Å². The van der Waals surface area contributed by atoms with Crippen LogP contribution < -0.4 is 9.54 Å². The topological polar surface area (TPSA) is 81.0 Å². The third-order valence-electron chi connectivity index (χ3n) is 5.25. The van der Waals surface area contributed by atoms with Crippen molar-refractivity contribution in [2.75, 3.05) is 13.7 Å². The third kappa shape index (κ3) is 4.07. The fraction of sp³-hybridized carbons (Fsp3) is 0.273. The number of thiazole rings is 1. The number of halogens is 1. The molecule has 0 spiro atoms. The summed E-state index contributed by atoms with van der Waals surface area (Å²) in [6.07, 6.45) is 6.40. The van der Waals surface area contributed by atoms with Gasteiger partial charge in [-0.1, -0.05) is 17.3 Å². The normalized spacial score (nSPS) is 17.5. The first-order valence-electron chi connectivity index (χ1n) is 9.82. The number of carbonyl (C=O) groups excluding carboxylic acids is 1. The van der Waals surface area contributed by atoms with Gasteiger partial charge in [0.05, 0.1) is 28.8 Å². The second-order valence-corrected chi connectivity index (χ2v) is 10.1. The average Bonchev–Trinajstić information content (AvgIpc) is 3.40. The lowest BCUT2D eigenvalue weighted by atomic mass is 10.2. The van der Waals surface area contributed by atoms with E-state index in [0.29, 0.717) is 23.4 Å². The molecule has 10 heteroatoms. The predicted molar refractivity (Wildman–Crippen MR) is 119 cm³/mol. The molecule has 0 N–H and O–H groups in total. The van der Waals surface area contributed by atoms with E-state index in [-0.39, 0.29) is 18.0 Å². The zero-order chi connectivity index (χ0) is 22.9. The van der Waals surface area contributed by atoms with Gasteiger partial charge in [-0.25, -0.2) is 12.8 Å². The number of ether oxygens (including phenoxy) is 1. The highest BCUT2D eigenvalue weighted by molar-refractivity contribution is 7.89. The molecule has 0 saturated carbocycles. The Balaban J connectivity index is 1.72. The van der Waals surface area contributed by atoms with Gasteiger partial charge in [0, 0.05) is 6.54 Å².